The SMILES string of the molecule is COC(=O)C(C)(C)c1ccc(N2CCN(C(=O)C3CCCC[C@H]3C(=O)NC3(C#N)CC3)CC2)cc1. The van der Waals surface area contributed by atoms with Gasteiger partial charge in [0, 0.05) is 43.7 Å². The molecule has 1 heterocycles. The first-order valence-corrected chi connectivity index (χ1v) is 12.7. The van der Waals surface area contributed by atoms with E-state index in [2.05, 4.69) is 16.3 Å². The number of nitriles is 1. The van der Waals surface area contributed by atoms with Crippen LogP contribution in [-0.2, 0) is 24.5 Å². The van der Waals surface area contributed by atoms with Crippen LogP contribution in [-0.4, -0.2) is 61.5 Å². The molecule has 0 spiro atoms. The van der Waals surface area contributed by atoms with E-state index in [0.29, 0.717) is 45.4 Å². The van der Waals surface area contributed by atoms with Gasteiger partial charge in [-0.15, -0.1) is 0 Å². The molecule has 2 amide bonds. The van der Waals surface area contributed by atoms with Gasteiger partial charge in [-0.1, -0.05) is 25.0 Å². The van der Waals surface area contributed by atoms with E-state index in [0.717, 1.165) is 30.5 Å². The van der Waals surface area contributed by atoms with E-state index in [1.165, 1.54) is 7.11 Å². The first kappa shape index (κ1) is 25.0. The second-order valence-corrected chi connectivity index (χ2v) is 10.7. The van der Waals surface area contributed by atoms with Gasteiger partial charge in [0.2, 0.25) is 11.8 Å². The highest BCUT2D eigenvalue weighted by Gasteiger charge is 2.47. The topological polar surface area (TPSA) is 103 Å². The van der Waals surface area contributed by atoms with Crippen molar-refractivity contribution in [3.8, 4) is 6.07 Å². The van der Waals surface area contributed by atoms with Gasteiger partial charge in [0.05, 0.1) is 18.6 Å². The Hall–Kier alpha value is -3.08. The first-order valence-electron chi connectivity index (χ1n) is 12.7. The Balaban J connectivity index is 1.35. The summed E-state index contributed by atoms with van der Waals surface area (Å²) in [7, 11) is 1.40. The van der Waals surface area contributed by atoms with E-state index in [4.69, 9.17) is 4.74 Å². The Morgan fingerprint density at radius 1 is 1.03 bits per heavy atom. The third-order valence-corrected chi connectivity index (χ3v) is 7.99. The number of rotatable bonds is 6. The van der Waals surface area contributed by atoms with Crippen molar-refractivity contribution < 1.29 is 19.1 Å². The summed E-state index contributed by atoms with van der Waals surface area (Å²) in [6.45, 7) is 6.35. The van der Waals surface area contributed by atoms with Crippen LogP contribution in [0.4, 0.5) is 5.69 Å². The molecule has 188 valence electrons. The summed E-state index contributed by atoms with van der Waals surface area (Å²) >= 11 is 0. The molecule has 0 bridgehead atoms. The van der Waals surface area contributed by atoms with Gasteiger partial charge in [0.25, 0.3) is 0 Å². The van der Waals surface area contributed by atoms with E-state index in [-0.39, 0.29) is 29.6 Å². The van der Waals surface area contributed by atoms with Gasteiger partial charge in [-0.2, -0.15) is 5.26 Å². The molecule has 1 saturated heterocycles. The Labute approximate surface area is 207 Å². The second kappa shape index (κ2) is 9.88. The minimum Gasteiger partial charge on any atom is -0.468 e. The molecule has 1 aromatic rings. The molecule has 2 aliphatic carbocycles. The number of ether oxygens (including phenoxy) is 1. The maximum absolute atomic E-state index is 13.4. The molecule has 2 saturated carbocycles. The zero-order chi connectivity index (χ0) is 25.2. The summed E-state index contributed by atoms with van der Waals surface area (Å²) in [6.07, 6.45) is 4.73. The molecular weight excluding hydrogens is 444 g/mol. The van der Waals surface area contributed by atoms with Crippen molar-refractivity contribution in [1.29, 1.82) is 5.26 Å². The smallest absolute Gasteiger partial charge is 0.315 e. The van der Waals surface area contributed by atoms with Gasteiger partial charge in [-0.25, -0.2) is 0 Å². The van der Waals surface area contributed by atoms with Crippen LogP contribution < -0.4 is 10.2 Å². The average molecular weight is 481 g/mol. The summed E-state index contributed by atoms with van der Waals surface area (Å²) in [5.41, 5.74) is 0.541. The van der Waals surface area contributed by atoms with Crippen molar-refractivity contribution in [3.63, 3.8) is 0 Å². The lowest BCUT2D eigenvalue weighted by Crippen LogP contribution is -2.53. The number of methoxy groups -OCH3 is 1. The largest absolute Gasteiger partial charge is 0.468 e. The Morgan fingerprint density at radius 2 is 1.63 bits per heavy atom. The lowest BCUT2D eigenvalue weighted by Gasteiger charge is -2.40. The third kappa shape index (κ3) is 5.14. The Kier molecular flexibility index (Phi) is 7.07. The van der Waals surface area contributed by atoms with E-state index < -0.39 is 11.0 Å². The zero-order valence-corrected chi connectivity index (χ0v) is 21.0. The fourth-order valence-corrected chi connectivity index (χ4v) is 5.34. The molecule has 3 fully saturated rings. The molecule has 1 N–H and O–H groups in total. The maximum Gasteiger partial charge on any atom is 0.315 e. The van der Waals surface area contributed by atoms with Crippen molar-refractivity contribution in [3.05, 3.63) is 29.8 Å². The molecule has 0 radical (unpaired) electrons. The summed E-state index contributed by atoms with van der Waals surface area (Å²) < 4.78 is 4.93. The lowest BCUT2D eigenvalue weighted by molar-refractivity contribution is -0.146. The standard InChI is InChI=1S/C27H36N4O4/c1-26(2,25(34)35-3)19-8-10-20(11-9-19)30-14-16-31(17-15-30)24(33)22-7-5-4-6-21(22)23(32)29-27(18-28)12-13-27/h8-11,21-22H,4-7,12-17H2,1-3H3,(H,29,32)/t21-,22?/m1/s1. The van der Waals surface area contributed by atoms with Crippen LogP contribution in [0.1, 0.15) is 57.9 Å². The van der Waals surface area contributed by atoms with Crippen LogP contribution in [0.25, 0.3) is 0 Å². The molecule has 1 unspecified atom stereocenters. The fraction of sp³-hybridized carbons (Fsp3) is 0.630. The van der Waals surface area contributed by atoms with Crippen molar-refractivity contribution in [2.75, 3.05) is 38.2 Å². The van der Waals surface area contributed by atoms with Crippen LogP contribution in [0.3, 0.4) is 0 Å². The quantitative estimate of drug-likeness (QED) is 0.628. The van der Waals surface area contributed by atoms with Crippen LogP contribution in [0.5, 0.6) is 0 Å². The number of piperazine rings is 1. The molecule has 0 aromatic heterocycles. The van der Waals surface area contributed by atoms with Gasteiger partial charge in [-0.3, -0.25) is 14.4 Å². The summed E-state index contributed by atoms with van der Waals surface area (Å²) in [4.78, 5) is 42.6. The first-order chi connectivity index (χ1) is 16.7. The minimum absolute atomic E-state index is 0.0708. The Morgan fingerprint density at radius 3 is 2.17 bits per heavy atom. The van der Waals surface area contributed by atoms with Gasteiger partial charge in [-0.05, 0) is 57.2 Å². The fourth-order valence-electron chi connectivity index (χ4n) is 5.34. The van der Waals surface area contributed by atoms with E-state index in [1.54, 1.807) is 0 Å². The second-order valence-electron chi connectivity index (χ2n) is 10.7. The monoisotopic (exact) mass is 480 g/mol. The highest BCUT2D eigenvalue weighted by molar-refractivity contribution is 5.89. The van der Waals surface area contributed by atoms with Gasteiger partial charge >= 0.3 is 5.97 Å². The number of nitrogens with one attached hydrogen (secondary N) is 1. The van der Waals surface area contributed by atoms with Crippen molar-refractivity contribution in [2.45, 2.75) is 63.3 Å². The number of esters is 1. The molecule has 8 heteroatoms. The van der Waals surface area contributed by atoms with Gasteiger partial charge in [0.1, 0.15) is 5.54 Å². The number of benzene rings is 1. The minimum atomic E-state index is -0.715. The number of anilines is 1. The Bertz CT molecular complexity index is 1000. The normalized spacial score (nSPS) is 23.7. The van der Waals surface area contributed by atoms with Crippen LogP contribution in [0, 0.1) is 23.2 Å². The highest BCUT2D eigenvalue weighted by Crippen LogP contribution is 2.37. The predicted molar refractivity (Wildman–Crippen MR) is 131 cm³/mol. The molecule has 1 aromatic carbocycles. The average Bonchev–Trinajstić information content (AvgIpc) is 3.67. The van der Waals surface area contributed by atoms with E-state index in [9.17, 15) is 19.6 Å². The predicted octanol–water partition coefficient (Wildman–Crippen LogP) is 2.76. The van der Waals surface area contributed by atoms with E-state index in [1.807, 2.05) is 43.0 Å². The van der Waals surface area contributed by atoms with Gasteiger partial charge in [0.15, 0.2) is 0 Å². The number of amides is 2. The summed E-state index contributed by atoms with van der Waals surface area (Å²) in [5, 5.41) is 12.2. The third-order valence-electron chi connectivity index (χ3n) is 7.99. The van der Waals surface area contributed by atoms with Crippen LogP contribution >= 0.6 is 0 Å². The number of carbonyl (C=O) groups is 3. The molecule has 8 nitrogen and oxygen atoms in total. The van der Waals surface area contributed by atoms with Gasteiger partial charge < -0.3 is 19.9 Å². The number of hydrogen-bond acceptors (Lipinski definition) is 6. The number of nitrogens with zero attached hydrogens (tertiary/aromatic N) is 3. The molecular formula is C27H36N4O4. The molecule has 1 aliphatic heterocycles. The van der Waals surface area contributed by atoms with Crippen molar-refractivity contribution in [1.82, 2.24) is 10.2 Å². The molecule has 35 heavy (non-hydrogen) atoms. The zero-order valence-electron chi connectivity index (χ0n) is 21.0. The van der Waals surface area contributed by atoms with Crippen LogP contribution in [0.15, 0.2) is 24.3 Å². The number of hydrogen-bond donors (Lipinski definition) is 1. The highest BCUT2D eigenvalue weighted by atomic mass is 16.5. The summed E-state index contributed by atoms with van der Waals surface area (Å²) in [6, 6.07) is 10.2. The van der Waals surface area contributed by atoms with E-state index >= 15 is 0 Å². The van der Waals surface area contributed by atoms with Crippen LogP contribution in [0.2, 0.25) is 0 Å². The van der Waals surface area contributed by atoms with Crippen molar-refractivity contribution in [2.24, 2.45) is 11.8 Å². The number of carbonyl (C=O) groups excluding carboxylic acids is 3. The summed E-state index contributed by atoms with van der Waals surface area (Å²) in [5.74, 6) is -0.973. The lowest BCUT2D eigenvalue weighted by atomic mass is 9.77. The molecule has 4 rings (SSSR count). The maximum atomic E-state index is 13.4. The molecule has 2 atom stereocenters. The molecule has 3 aliphatic rings. The van der Waals surface area contributed by atoms with Crippen molar-refractivity contribution >= 4 is 23.5 Å².